The number of non-ortho nitro benzene ring substituents is 1. The lowest BCUT2D eigenvalue weighted by molar-refractivity contribution is -0.396. The average Bonchev–Trinajstić information content (AvgIpc) is 2.69. The largest absolute Gasteiger partial charge is 0.291 e. The fourth-order valence-corrected chi connectivity index (χ4v) is 3.15. The van der Waals surface area contributed by atoms with Gasteiger partial charge in [0.15, 0.2) is 0 Å². The Balaban J connectivity index is 2.03. The van der Waals surface area contributed by atoms with Crippen molar-refractivity contribution in [3.8, 4) is 0 Å². The Kier molecular flexibility index (Phi) is 5.58. The van der Waals surface area contributed by atoms with E-state index in [1.54, 1.807) is 0 Å². The van der Waals surface area contributed by atoms with Crippen LogP contribution in [0.5, 0.6) is 0 Å². The van der Waals surface area contributed by atoms with E-state index in [9.17, 15) is 20.2 Å². The van der Waals surface area contributed by atoms with Crippen LogP contribution in [0.2, 0.25) is 0 Å². The highest BCUT2D eigenvalue weighted by Gasteiger charge is 2.20. The first-order valence-corrected chi connectivity index (χ1v) is 8.62. The van der Waals surface area contributed by atoms with Gasteiger partial charge >= 0.3 is 0 Å². The van der Waals surface area contributed by atoms with Gasteiger partial charge in [0.2, 0.25) is 0 Å². The van der Waals surface area contributed by atoms with Crippen LogP contribution >= 0.6 is 11.9 Å². The smallest absolute Gasteiger partial charge is 0.258 e. The number of rotatable bonds is 6. The molecule has 0 spiro atoms. The first kappa shape index (κ1) is 18.3. The molecular formula is C19H13N3O4S. The summed E-state index contributed by atoms with van der Waals surface area (Å²) in [5.41, 5.74) is 1.70. The third kappa shape index (κ3) is 4.36. The van der Waals surface area contributed by atoms with Gasteiger partial charge in [-0.25, -0.2) is 4.40 Å². The number of hydrogen-bond acceptors (Lipinski definition) is 6. The predicted molar refractivity (Wildman–Crippen MR) is 104 cm³/mol. The van der Waals surface area contributed by atoms with Gasteiger partial charge in [-0.05, 0) is 6.07 Å². The van der Waals surface area contributed by atoms with Crippen LogP contribution in [0.3, 0.4) is 0 Å². The summed E-state index contributed by atoms with van der Waals surface area (Å²) in [6, 6.07) is 22.4. The van der Waals surface area contributed by atoms with E-state index in [4.69, 9.17) is 0 Å². The summed E-state index contributed by atoms with van der Waals surface area (Å²) in [7, 11) is 0. The second-order valence-electron chi connectivity index (χ2n) is 5.43. The first-order chi connectivity index (χ1) is 13.1. The Bertz CT molecular complexity index is 966. The summed E-state index contributed by atoms with van der Waals surface area (Å²) in [6.07, 6.45) is 0. The van der Waals surface area contributed by atoms with Gasteiger partial charge in [0.05, 0.1) is 21.6 Å². The van der Waals surface area contributed by atoms with Crippen LogP contribution < -0.4 is 0 Å². The van der Waals surface area contributed by atoms with Crippen molar-refractivity contribution in [2.45, 2.75) is 4.90 Å². The third-order valence-electron chi connectivity index (χ3n) is 3.68. The summed E-state index contributed by atoms with van der Waals surface area (Å²) < 4.78 is 4.51. The monoisotopic (exact) mass is 379 g/mol. The number of nitrogens with zero attached hydrogens (tertiary/aromatic N) is 3. The minimum atomic E-state index is -0.663. The van der Waals surface area contributed by atoms with Gasteiger partial charge in [-0.3, -0.25) is 20.2 Å². The van der Waals surface area contributed by atoms with Crippen LogP contribution in [-0.4, -0.2) is 15.6 Å². The Morgan fingerprint density at radius 2 is 1.33 bits per heavy atom. The minimum absolute atomic E-state index is 0.231. The quantitative estimate of drug-likeness (QED) is 0.258. The topological polar surface area (TPSA) is 98.6 Å². The van der Waals surface area contributed by atoms with Gasteiger partial charge in [0.1, 0.15) is 4.90 Å². The van der Waals surface area contributed by atoms with E-state index in [-0.39, 0.29) is 16.3 Å². The molecule has 0 heterocycles. The van der Waals surface area contributed by atoms with Gasteiger partial charge in [0.25, 0.3) is 11.4 Å². The van der Waals surface area contributed by atoms with Crippen LogP contribution in [0.25, 0.3) is 0 Å². The van der Waals surface area contributed by atoms with Gasteiger partial charge in [-0.2, -0.15) is 0 Å². The van der Waals surface area contributed by atoms with E-state index >= 15 is 0 Å². The number of nitro benzene ring substituents is 2. The van der Waals surface area contributed by atoms with Gasteiger partial charge in [0, 0.05) is 29.1 Å². The zero-order chi connectivity index (χ0) is 19.2. The molecule has 0 aromatic heterocycles. The van der Waals surface area contributed by atoms with Crippen molar-refractivity contribution in [3.05, 3.63) is 110 Å². The Labute approximate surface area is 158 Å². The van der Waals surface area contributed by atoms with Gasteiger partial charge in [-0.15, -0.1) is 0 Å². The SMILES string of the molecule is O=[N+]([O-])c1ccc(SN=C(c2ccccc2)c2ccccc2)c([N+](=O)[O-])c1. The van der Waals surface area contributed by atoms with E-state index in [1.807, 2.05) is 60.7 Å². The molecule has 0 N–H and O–H groups in total. The second kappa shape index (κ2) is 8.24. The van der Waals surface area contributed by atoms with Gasteiger partial charge in [-0.1, -0.05) is 60.7 Å². The molecule has 0 aliphatic carbocycles. The molecule has 3 aromatic carbocycles. The number of benzene rings is 3. The van der Waals surface area contributed by atoms with Crippen LogP contribution in [0, 0.1) is 20.2 Å². The van der Waals surface area contributed by atoms with Crippen molar-refractivity contribution in [2.75, 3.05) is 0 Å². The molecule has 27 heavy (non-hydrogen) atoms. The molecule has 0 bridgehead atoms. The zero-order valence-corrected chi connectivity index (χ0v) is 14.7. The van der Waals surface area contributed by atoms with Crippen molar-refractivity contribution in [2.24, 2.45) is 4.40 Å². The van der Waals surface area contributed by atoms with Crippen LogP contribution in [0.15, 0.2) is 88.2 Å². The summed E-state index contributed by atoms with van der Waals surface area (Å²) in [6.45, 7) is 0. The van der Waals surface area contributed by atoms with E-state index in [1.165, 1.54) is 12.1 Å². The molecule has 3 aromatic rings. The predicted octanol–water partition coefficient (Wildman–Crippen LogP) is 5.05. The lowest BCUT2D eigenvalue weighted by atomic mass is 10.0. The zero-order valence-electron chi connectivity index (χ0n) is 13.9. The highest BCUT2D eigenvalue weighted by atomic mass is 32.2. The maximum atomic E-state index is 11.3. The van der Waals surface area contributed by atoms with Crippen LogP contribution in [0.1, 0.15) is 11.1 Å². The van der Waals surface area contributed by atoms with E-state index < -0.39 is 9.85 Å². The molecule has 8 heteroatoms. The summed E-state index contributed by atoms with van der Waals surface area (Å²) >= 11 is 0.917. The highest BCUT2D eigenvalue weighted by molar-refractivity contribution is 7.98. The second-order valence-corrected chi connectivity index (χ2v) is 6.23. The average molecular weight is 379 g/mol. The van der Waals surface area contributed by atoms with Crippen molar-refractivity contribution in [1.82, 2.24) is 0 Å². The van der Waals surface area contributed by atoms with Crippen molar-refractivity contribution >= 4 is 29.0 Å². The molecule has 0 aliphatic heterocycles. The molecule has 0 amide bonds. The molecule has 0 unspecified atom stereocenters. The molecule has 0 saturated carbocycles. The lowest BCUT2D eigenvalue weighted by Gasteiger charge is -2.07. The molecule has 134 valence electrons. The molecular weight excluding hydrogens is 366 g/mol. The molecule has 3 rings (SSSR count). The molecule has 0 atom stereocenters. The Morgan fingerprint density at radius 1 is 0.778 bits per heavy atom. The fraction of sp³-hybridized carbons (Fsp3) is 0. The lowest BCUT2D eigenvalue weighted by Crippen LogP contribution is -2.02. The molecule has 7 nitrogen and oxygen atoms in total. The summed E-state index contributed by atoms with van der Waals surface area (Å²) in [5, 5.41) is 22.2. The maximum absolute atomic E-state index is 11.3. The summed E-state index contributed by atoms with van der Waals surface area (Å²) in [5.74, 6) is 0. The summed E-state index contributed by atoms with van der Waals surface area (Å²) in [4.78, 5) is 21.1. The Morgan fingerprint density at radius 3 is 1.81 bits per heavy atom. The number of nitro groups is 2. The first-order valence-electron chi connectivity index (χ1n) is 7.85. The van der Waals surface area contributed by atoms with Crippen molar-refractivity contribution in [1.29, 1.82) is 0 Å². The fourth-order valence-electron chi connectivity index (χ4n) is 2.40. The minimum Gasteiger partial charge on any atom is -0.258 e. The van der Waals surface area contributed by atoms with Crippen molar-refractivity contribution in [3.63, 3.8) is 0 Å². The van der Waals surface area contributed by atoms with Crippen LogP contribution in [-0.2, 0) is 0 Å². The van der Waals surface area contributed by atoms with E-state index in [0.717, 1.165) is 29.1 Å². The number of hydrogen-bond donors (Lipinski definition) is 0. The normalized spacial score (nSPS) is 10.2. The maximum Gasteiger partial charge on any atom is 0.291 e. The van der Waals surface area contributed by atoms with E-state index in [2.05, 4.69) is 4.40 Å². The third-order valence-corrected chi connectivity index (χ3v) is 4.50. The standard InChI is InChI=1S/C19H13N3O4S/c23-21(24)16-11-12-18(17(13-16)22(25)26)27-20-19(14-7-3-1-4-8-14)15-9-5-2-6-10-15/h1-13H. The van der Waals surface area contributed by atoms with Crippen LogP contribution in [0.4, 0.5) is 11.4 Å². The molecule has 0 aliphatic rings. The van der Waals surface area contributed by atoms with Gasteiger partial charge < -0.3 is 0 Å². The molecule has 0 fully saturated rings. The Hall–Kier alpha value is -3.52. The van der Waals surface area contributed by atoms with E-state index in [0.29, 0.717) is 5.71 Å². The molecule has 0 radical (unpaired) electrons. The molecule has 0 saturated heterocycles. The van der Waals surface area contributed by atoms with Crippen molar-refractivity contribution < 1.29 is 9.85 Å². The highest BCUT2D eigenvalue weighted by Crippen LogP contribution is 2.34.